The Bertz CT molecular complexity index is 292. The fourth-order valence-electron chi connectivity index (χ4n) is 6.12. The zero-order chi connectivity index (χ0) is 22.0. The van der Waals surface area contributed by atoms with Crippen molar-refractivity contribution < 1.29 is 0 Å². The molecule has 176 valence electrons. The van der Waals surface area contributed by atoms with E-state index in [1.165, 1.54) is 89.9 Å². The van der Waals surface area contributed by atoms with Crippen molar-refractivity contribution in [1.29, 1.82) is 0 Å². The number of rotatable bonds is 21. The van der Waals surface area contributed by atoms with Crippen LogP contribution in [0.15, 0.2) is 0 Å². The third-order valence-electron chi connectivity index (χ3n) is 8.19. The molecule has 0 aliphatic carbocycles. The molecule has 0 heterocycles. The van der Waals surface area contributed by atoms with Gasteiger partial charge >= 0.3 is 192 Å². The predicted octanol–water partition coefficient (Wildman–Crippen LogP) is 11.3. The Morgan fingerprint density at radius 1 is 0.414 bits per heavy atom. The van der Waals surface area contributed by atoms with Crippen molar-refractivity contribution in [3.05, 3.63) is 0 Å². The Kier molecular flexibility index (Phi) is 20.0. The molecule has 3 unspecified atom stereocenters. The first kappa shape index (κ1) is 29.8. The van der Waals surface area contributed by atoms with Gasteiger partial charge in [0.1, 0.15) is 0 Å². The van der Waals surface area contributed by atoms with Gasteiger partial charge in [0, 0.05) is 0 Å². The van der Waals surface area contributed by atoms with E-state index in [-0.39, 0.29) is 0 Å². The summed E-state index contributed by atoms with van der Waals surface area (Å²) in [5.74, 6) is 0. The summed E-state index contributed by atoms with van der Waals surface area (Å²) in [7, 11) is 0. The van der Waals surface area contributed by atoms with E-state index in [0.29, 0.717) is 0 Å². The number of hydrogen-bond acceptors (Lipinski definition) is 0. The van der Waals surface area contributed by atoms with Crippen LogP contribution in [0.2, 0.25) is 16.2 Å². The van der Waals surface area contributed by atoms with Crippen molar-refractivity contribution in [3.63, 3.8) is 0 Å². The molecule has 0 amide bonds. The molecule has 29 heavy (non-hydrogen) atoms. The molecule has 0 radical (unpaired) electrons. The van der Waals surface area contributed by atoms with Gasteiger partial charge in [0.2, 0.25) is 0 Å². The average Bonchev–Trinajstić information content (AvgIpc) is 2.72. The van der Waals surface area contributed by atoms with Crippen LogP contribution in [0.1, 0.15) is 158 Å². The molecule has 0 rings (SSSR count). The third kappa shape index (κ3) is 11.8. The topological polar surface area (TPSA) is 0 Å². The quantitative estimate of drug-likeness (QED) is 0.105. The van der Waals surface area contributed by atoms with Crippen LogP contribution in [0, 0.1) is 0 Å². The number of hydrogen-bond donors (Lipinski definition) is 0. The van der Waals surface area contributed by atoms with Crippen molar-refractivity contribution in [2.45, 2.75) is 174 Å². The van der Waals surface area contributed by atoms with E-state index in [1.54, 1.807) is 23.7 Å². The van der Waals surface area contributed by atoms with Crippen LogP contribution in [0.25, 0.3) is 0 Å². The molecule has 0 fully saturated rings. The van der Waals surface area contributed by atoms with Crippen LogP contribution in [0.3, 0.4) is 0 Å². The Hall–Kier alpha value is 0.799. The molecule has 0 saturated heterocycles. The second kappa shape index (κ2) is 19.5. The van der Waals surface area contributed by atoms with Crippen molar-refractivity contribution in [2.75, 3.05) is 0 Å². The Morgan fingerprint density at radius 2 is 0.724 bits per heavy atom. The molecule has 0 aliphatic heterocycles. The van der Waals surface area contributed by atoms with E-state index in [1.807, 2.05) is 0 Å². The summed E-state index contributed by atoms with van der Waals surface area (Å²) in [6, 6.07) is 0. The first-order chi connectivity index (χ1) is 14.0. The standard InChI is InChI=1S/3C8H17.C4H9.Sn/c3*1-3-5-7-8-6-4-2;1-3-4-2;/h3*3H,4-8H2,1-2H3;1,3-4H2,2H3;. The van der Waals surface area contributed by atoms with E-state index in [2.05, 4.69) is 48.5 Å². The van der Waals surface area contributed by atoms with Gasteiger partial charge in [-0.1, -0.05) is 0 Å². The molecule has 0 N–H and O–H groups in total. The average molecular weight is 515 g/mol. The van der Waals surface area contributed by atoms with Gasteiger partial charge in [-0.2, -0.15) is 0 Å². The van der Waals surface area contributed by atoms with E-state index >= 15 is 0 Å². The summed E-state index contributed by atoms with van der Waals surface area (Å²) in [6.07, 6.45) is 25.0. The van der Waals surface area contributed by atoms with Crippen molar-refractivity contribution in [3.8, 4) is 0 Å². The van der Waals surface area contributed by atoms with Gasteiger partial charge in [-0.25, -0.2) is 0 Å². The summed E-state index contributed by atoms with van der Waals surface area (Å²) < 4.78 is 4.96. The first-order valence-corrected chi connectivity index (χ1v) is 21.0. The van der Waals surface area contributed by atoms with Gasteiger partial charge in [-0.3, -0.25) is 0 Å². The molecule has 0 aromatic heterocycles. The van der Waals surface area contributed by atoms with Crippen molar-refractivity contribution in [2.24, 2.45) is 0 Å². The fourth-order valence-corrected chi connectivity index (χ4v) is 27.8. The zero-order valence-electron chi connectivity index (χ0n) is 22.0. The van der Waals surface area contributed by atoms with Gasteiger partial charge in [-0.05, 0) is 0 Å². The van der Waals surface area contributed by atoms with Crippen molar-refractivity contribution in [1.82, 2.24) is 0 Å². The SMILES string of the molecule is CCCCCC[CH](C)[Sn]([CH2]CCC)([CH](C)CCCCCC)[CH](C)CCCCCC. The normalized spacial score (nSPS) is 17.1. The Morgan fingerprint density at radius 3 is 1.00 bits per heavy atom. The molecule has 0 aliphatic rings. The molecule has 3 atom stereocenters. The maximum absolute atomic E-state index is 2.74. The van der Waals surface area contributed by atoms with Gasteiger partial charge in [0.05, 0.1) is 0 Å². The third-order valence-corrected chi connectivity index (χ3v) is 29.9. The molecule has 0 aromatic carbocycles. The minimum atomic E-state index is -2.27. The summed E-state index contributed by atoms with van der Waals surface area (Å²) >= 11 is -2.27. The van der Waals surface area contributed by atoms with E-state index in [9.17, 15) is 0 Å². The van der Waals surface area contributed by atoms with E-state index in [4.69, 9.17) is 0 Å². The summed E-state index contributed by atoms with van der Waals surface area (Å²) in [5.41, 5.74) is 0. The second-order valence-corrected chi connectivity index (χ2v) is 26.7. The Labute approximate surface area is 191 Å². The zero-order valence-corrected chi connectivity index (χ0v) is 24.8. The molecule has 0 nitrogen and oxygen atoms in total. The van der Waals surface area contributed by atoms with Gasteiger partial charge in [-0.15, -0.1) is 0 Å². The molecule has 0 bridgehead atoms. The minimum absolute atomic E-state index is 1.09. The fraction of sp³-hybridized carbons (Fsp3) is 1.00. The summed E-state index contributed by atoms with van der Waals surface area (Å²) in [6.45, 7) is 17.7. The van der Waals surface area contributed by atoms with Crippen LogP contribution in [0.4, 0.5) is 0 Å². The maximum atomic E-state index is 2.74. The number of unbranched alkanes of at least 4 members (excludes halogenated alkanes) is 10. The molecule has 0 spiro atoms. The van der Waals surface area contributed by atoms with Crippen molar-refractivity contribution >= 4 is 18.4 Å². The van der Waals surface area contributed by atoms with Gasteiger partial charge in [0.15, 0.2) is 0 Å². The second-order valence-electron chi connectivity index (χ2n) is 10.5. The summed E-state index contributed by atoms with van der Waals surface area (Å²) in [5, 5.41) is 0. The van der Waals surface area contributed by atoms with Crippen LogP contribution in [-0.4, -0.2) is 18.4 Å². The predicted molar refractivity (Wildman–Crippen MR) is 140 cm³/mol. The molecular weight excluding hydrogens is 455 g/mol. The molecule has 0 aromatic rings. The Balaban J connectivity index is 5.32. The first-order valence-electron chi connectivity index (χ1n) is 14.0. The van der Waals surface area contributed by atoms with Crippen LogP contribution in [-0.2, 0) is 0 Å². The van der Waals surface area contributed by atoms with E-state index < -0.39 is 18.4 Å². The monoisotopic (exact) mass is 516 g/mol. The van der Waals surface area contributed by atoms with E-state index in [0.717, 1.165) is 11.8 Å². The van der Waals surface area contributed by atoms with Gasteiger partial charge < -0.3 is 0 Å². The van der Waals surface area contributed by atoms with Gasteiger partial charge in [0.25, 0.3) is 0 Å². The van der Waals surface area contributed by atoms with Crippen LogP contribution >= 0.6 is 0 Å². The molecule has 1 heteroatoms. The molecule has 0 saturated carbocycles. The molecular formula is C28H60Sn. The summed E-state index contributed by atoms with van der Waals surface area (Å²) in [4.78, 5) is 0. The van der Waals surface area contributed by atoms with Crippen LogP contribution < -0.4 is 0 Å². The van der Waals surface area contributed by atoms with Crippen LogP contribution in [0.5, 0.6) is 0 Å².